The maximum absolute atomic E-state index is 6.17. The van der Waals surface area contributed by atoms with E-state index in [2.05, 4.69) is 106 Å². The van der Waals surface area contributed by atoms with E-state index in [4.69, 9.17) is 11.5 Å². The van der Waals surface area contributed by atoms with Crippen LogP contribution >= 0.6 is 0 Å². The van der Waals surface area contributed by atoms with E-state index >= 15 is 0 Å². The highest BCUT2D eigenvalue weighted by Gasteiger charge is 2.13. The van der Waals surface area contributed by atoms with Crippen molar-refractivity contribution in [2.75, 3.05) is 11.5 Å². The number of nitrogens with zero attached hydrogens (tertiary/aromatic N) is 2. The molecule has 0 fully saturated rings. The zero-order valence-electron chi connectivity index (χ0n) is 20.8. The van der Waals surface area contributed by atoms with Gasteiger partial charge in [0.05, 0.1) is 22.1 Å². The largest absolute Gasteiger partial charge is 1.00 e. The first kappa shape index (κ1) is 27.3. The molecule has 0 aliphatic heterocycles. The molecule has 6 rings (SSSR count). The molecule has 0 spiro atoms. The number of hydrogen-bond donors (Lipinski definition) is 2. The number of aromatic nitrogens is 2. The van der Waals surface area contributed by atoms with Crippen molar-refractivity contribution in [3.8, 4) is 11.1 Å². The van der Waals surface area contributed by atoms with E-state index < -0.39 is 0 Å². The van der Waals surface area contributed by atoms with E-state index in [1.54, 1.807) is 0 Å². The lowest BCUT2D eigenvalue weighted by molar-refractivity contribution is -0.662. The molecular formula is C32H28Br2N4. The quantitative estimate of drug-likeness (QED) is 0.254. The fraction of sp³-hybridized carbons (Fsp3) is 0.0625. The molecule has 6 aromatic rings. The molecule has 0 saturated heterocycles. The Hall–Kier alpha value is -3.74. The number of nitrogen functional groups attached to an aromatic ring is 2. The lowest BCUT2D eigenvalue weighted by Gasteiger charge is -2.07. The average molecular weight is 628 g/mol. The van der Waals surface area contributed by atoms with E-state index in [0.717, 1.165) is 46.3 Å². The molecule has 2 aromatic heterocycles. The Morgan fingerprint density at radius 1 is 0.447 bits per heavy atom. The van der Waals surface area contributed by atoms with Gasteiger partial charge in [0.1, 0.15) is 0 Å². The van der Waals surface area contributed by atoms with Crippen LogP contribution in [0.1, 0.15) is 11.1 Å². The second-order valence-electron chi connectivity index (χ2n) is 9.23. The van der Waals surface area contributed by atoms with Gasteiger partial charge < -0.3 is 45.4 Å². The zero-order valence-corrected chi connectivity index (χ0v) is 23.9. The van der Waals surface area contributed by atoms with Crippen LogP contribution in [0, 0.1) is 0 Å². The Balaban J connectivity index is 0.00000168. The summed E-state index contributed by atoms with van der Waals surface area (Å²) in [5.41, 5.74) is 21.2. The first-order chi connectivity index (χ1) is 17.7. The summed E-state index contributed by atoms with van der Waals surface area (Å²) in [5.74, 6) is 0. The van der Waals surface area contributed by atoms with Gasteiger partial charge in [-0.3, -0.25) is 0 Å². The fourth-order valence-corrected chi connectivity index (χ4v) is 4.89. The van der Waals surface area contributed by atoms with Crippen LogP contribution in [0.5, 0.6) is 0 Å². The fourth-order valence-electron chi connectivity index (χ4n) is 4.89. The molecule has 0 atom stereocenters. The number of anilines is 2. The summed E-state index contributed by atoms with van der Waals surface area (Å²) < 4.78 is 4.49. The van der Waals surface area contributed by atoms with Crippen molar-refractivity contribution in [2.24, 2.45) is 0 Å². The van der Waals surface area contributed by atoms with Crippen LogP contribution in [0.3, 0.4) is 0 Å². The normalized spacial score (nSPS) is 10.6. The molecule has 4 nitrogen and oxygen atoms in total. The number of hydrogen-bond acceptors (Lipinski definition) is 2. The smallest absolute Gasteiger partial charge is 0.214 e. The predicted molar refractivity (Wildman–Crippen MR) is 147 cm³/mol. The van der Waals surface area contributed by atoms with E-state index in [9.17, 15) is 0 Å². The number of rotatable bonds is 5. The molecule has 0 bridgehead atoms. The van der Waals surface area contributed by atoms with Crippen LogP contribution in [-0.4, -0.2) is 0 Å². The first-order valence-corrected chi connectivity index (χ1v) is 12.2. The topological polar surface area (TPSA) is 59.8 Å². The minimum absolute atomic E-state index is 0. The molecule has 2 heterocycles. The Kier molecular flexibility index (Phi) is 8.45. The molecule has 0 unspecified atom stereocenters. The molecule has 38 heavy (non-hydrogen) atoms. The van der Waals surface area contributed by atoms with Gasteiger partial charge in [0.25, 0.3) is 0 Å². The first-order valence-electron chi connectivity index (χ1n) is 12.2. The number of pyridine rings is 2. The number of halogens is 2. The number of nitrogens with two attached hydrogens (primary N) is 2. The maximum Gasteiger partial charge on any atom is 0.214 e. The second kappa shape index (κ2) is 11.8. The van der Waals surface area contributed by atoms with Gasteiger partial charge in [0.15, 0.2) is 25.5 Å². The van der Waals surface area contributed by atoms with E-state index in [-0.39, 0.29) is 34.0 Å². The number of para-hydroxylation sites is 2. The lowest BCUT2D eigenvalue weighted by atomic mass is 10.0. The van der Waals surface area contributed by atoms with Crippen LogP contribution in [0.2, 0.25) is 0 Å². The molecule has 0 amide bonds. The lowest BCUT2D eigenvalue weighted by Crippen LogP contribution is -3.00. The van der Waals surface area contributed by atoms with Gasteiger partial charge in [0, 0.05) is 35.4 Å². The van der Waals surface area contributed by atoms with Crippen molar-refractivity contribution in [1.82, 2.24) is 0 Å². The van der Waals surface area contributed by atoms with E-state index in [1.165, 1.54) is 22.3 Å². The van der Waals surface area contributed by atoms with Gasteiger partial charge >= 0.3 is 0 Å². The maximum atomic E-state index is 6.17. The van der Waals surface area contributed by atoms with Gasteiger partial charge in [-0.05, 0) is 23.3 Å². The van der Waals surface area contributed by atoms with Gasteiger partial charge in [-0.25, -0.2) is 0 Å². The molecular weight excluding hydrogens is 600 g/mol. The number of benzene rings is 4. The molecule has 6 heteroatoms. The highest BCUT2D eigenvalue weighted by Crippen LogP contribution is 2.22. The molecule has 0 saturated carbocycles. The summed E-state index contributed by atoms with van der Waals surface area (Å²) in [6.45, 7) is 1.60. The molecule has 4 N–H and O–H groups in total. The van der Waals surface area contributed by atoms with Gasteiger partial charge in [-0.15, -0.1) is 0 Å². The predicted octanol–water partition coefficient (Wildman–Crippen LogP) is -0.496. The molecule has 4 aromatic carbocycles. The van der Waals surface area contributed by atoms with Crippen LogP contribution in [-0.2, 0) is 13.1 Å². The van der Waals surface area contributed by atoms with E-state index in [1.807, 2.05) is 24.3 Å². The standard InChI is InChI=1S/C32H26N4.2BrH/c33-29-17-19-35(31-7-3-1-5-27(29)31)21-23-9-13-25(14-10-23)26-15-11-24(12-16-26)22-36-20-18-30(34)28-6-2-4-8-32(28)36;;/h1-20,33-34H,21-22H2;2*1H. The average Bonchev–Trinajstić information content (AvgIpc) is 2.93. The number of fused-ring (bicyclic) bond motifs is 2. The van der Waals surface area contributed by atoms with Crippen LogP contribution < -0.4 is 54.6 Å². The summed E-state index contributed by atoms with van der Waals surface area (Å²) in [6, 6.07) is 38.1. The SMILES string of the molecule is Nc1cc[n+](Cc2ccc(-c3ccc(C[n+]4ccc(N)c5ccccc54)cc3)cc2)c2ccccc12.[Br-].[Br-]. The van der Waals surface area contributed by atoms with E-state index in [0.29, 0.717) is 0 Å². The Labute approximate surface area is 243 Å². The third-order valence-corrected chi connectivity index (χ3v) is 6.86. The highest BCUT2D eigenvalue weighted by atomic mass is 79.9. The van der Waals surface area contributed by atoms with Crippen LogP contribution in [0.25, 0.3) is 32.9 Å². The second-order valence-corrected chi connectivity index (χ2v) is 9.23. The summed E-state index contributed by atoms with van der Waals surface area (Å²) in [7, 11) is 0. The Morgan fingerprint density at radius 3 is 1.21 bits per heavy atom. The monoisotopic (exact) mass is 626 g/mol. The van der Waals surface area contributed by atoms with Crippen molar-refractivity contribution < 1.29 is 43.1 Å². The Morgan fingerprint density at radius 2 is 0.816 bits per heavy atom. The van der Waals surface area contributed by atoms with Crippen LogP contribution in [0.4, 0.5) is 11.4 Å². The zero-order chi connectivity index (χ0) is 24.5. The summed E-state index contributed by atoms with van der Waals surface area (Å²) in [5, 5.41) is 2.17. The van der Waals surface area contributed by atoms with Crippen molar-refractivity contribution in [2.45, 2.75) is 13.1 Å². The van der Waals surface area contributed by atoms with Crippen LogP contribution in [0.15, 0.2) is 122 Å². The molecule has 0 aliphatic rings. The van der Waals surface area contributed by atoms with Crippen molar-refractivity contribution >= 4 is 33.2 Å². The van der Waals surface area contributed by atoms with Gasteiger partial charge in [0.2, 0.25) is 11.0 Å². The Bertz CT molecular complexity index is 1570. The molecule has 190 valence electrons. The molecule has 0 radical (unpaired) electrons. The third kappa shape index (κ3) is 5.42. The highest BCUT2D eigenvalue weighted by molar-refractivity contribution is 5.88. The molecule has 0 aliphatic carbocycles. The summed E-state index contributed by atoms with van der Waals surface area (Å²) in [6.07, 6.45) is 4.12. The van der Waals surface area contributed by atoms with Crippen molar-refractivity contribution in [3.63, 3.8) is 0 Å². The minimum atomic E-state index is 0. The van der Waals surface area contributed by atoms with Gasteiger partial charge in [-0.2, -0.15) is 9.13 Å². The van der Waals surface area contributed by atoms with Crippen molar-refractivity contribution in [1.29, 1.82) is 0 Å². The summed E-state index contributed by atoms with van der Waals surface area (Å²) in [4.78, 5) is 0. The summed E-state index contributed by atoms with van der Waals surface area (Å²) >= 11 is 0. The third-order valence-electron chi connectivity index (χ3n) is 6.86. The van der Waals surface area contributed by atoms with Crippen molar-refractivity contribution in [3.05, 3.63) is 133 Å². The van der Waals surface area contributed by atoms with Gasteiger partial charge in [-0.1, -0.05) is 72.8 Å². The minimum Gasteiger partial charge on any atom is -1.00 e.